The monoisotopic (exact) mass is 284 g/mol. The summed E-state index contributed by atoms with van der Waals surface area (Å²) < 4.78 is 13.3. The predicted molar refractivity (Wildman–Crippen MR) is 72.9 cm³/mol. The molecule has 0 spiro atoms. The van der Waals surface area contributed by atoms with Crippen LogP contribution in [0.3, 0.4) is 0 Å². The Hall–Kier alpha value is -1.09. The first-order chi connectivity index (χ1) is 9.03. The minimum absolute atomic E-state index is 0.318. The van der Waals surface area contributed by atoms with Gasteiger partial charge in [0.1, 0.15) is 5.82 Å². The second-order valence-electron chi connectivity index (χ2n) is 5.41. The molecule has 1 N–H and O–H groups in total. The van der Waals surface area contributed by atoms with Gasteiger partial charge in [0.2, 0.25) is 0 Å². The molecule has 0 heterocycles. The summed E-state index contributed by atoms with van der Waals surface area (Å²) in [7, 11) is 0. The smallest absolute Gasteiger partial charge is 0.309 e. The zero-order chi connectivity index (χ0) is 13.9. The van der Waals surface area contributed by atoms with Crippen LogP contribution in [0.1, 0.15) is 44.1 Å². The third kappa shape index (κ3) is 3.27. The molecule has 1 saturated carbocycles. The number of hydrogen-bond acceptors (Lipinski definition) is 1. The maximum absolute atomic E-state index is 13.3. The molecular weight excluding hydrogens is 267 g/mol. The van der Waals surface area contributed by atoms with Gasteiger partial charge < -0.3 is 5.11 Å². The summed E-state index contributed by atoms with van der Waals surface area (Å²) in [5.74, 6) is -1.15. The Bertz CT molecular complexity index is 465. The standard InChI is InChI=1S/C15H18ClFO2/c16-13-6-5-12(17)9-11(13)10-15(14(18)19)7-3-1-2-4-8-15/h5-6,9H,1-4,7-8,10H2,(H,18,19). The number of carboxylic acid groups (broad SMARTS) is 1. The molecule has 2 rings (SSSR count). The largest absolute Gasteiger partial charge is 0.481 e. The molecule has 104 valence electrons. The van der Waals surface area contributed by atoms with E-state index in [0.29, 0.717) is 29.8 Å². The van der Waals surface area contributed by atoms with Crippen molar-refractivity contribution in [3.8, 4) is 0 Å². The Morgan fingerprint density at radius 3 is 2.47 bits per heavy atom. The summed E-state index contributed by atoms with van der Waals surface area (Å²) in [4.78, 5) is 11.7. The molecule has 0 aromatic heterocycles. The highest BCUT2D eigenvalue weighted by Crippen LogP contribution is 2.39. The Labute approximate surface area is 117 Å². The van der Waals surface area contributed by atoms with Crippen molar-refractivity contribution in [3.05, 3.63) is 34.6 Å². The predicted octanol–water partition coefficient (Wildman–Crippen LogP) is 4.45. The number of aliphatic carboxylic acids is 1. The van der Waals surface area contributed by atoms with Gasteiger partial charge in [-0.05, 0) is 43.0 Å². The SMILES string of the molecule is O=C(O)C1(Cc2cc(F)ccc2Cl)CCCCCC1. The van der Waals surface area contributed by atoms with Crippen LogP contribution in [-0.2, 0) is 11.2 Å². The molecule has 1 aromatic rings. The van der Waals surface area contributed by atoms with Crippen molar-refractivity contribution in [3.63, 3.8) is 0 Å². The van der Waals surface area contributed by atoms with Gasteiger partial charge in [0.05, 0.1) is 5.41 Å². The van der Waals surface area contributed by atoms with Crippen LogP contribution < -0.4 is 0 Å². The molecule has 1 aliphatic rings. The third-order valence-corrected chi connectivity index (χ3v) is 4.42. The van der Waals surface area contributed by atoms with E-state index in [-0.39, 0.29) is 5.82 Å². The second kappa shape index (κ2) is 5.91. The molecule has 1 aliphatic carbocycles. The van der Waals surface area contributed by atoms with Crippen LogP contribution in [0.25, 0.3) is 0 Å². The zero-order valence-electron chi connectivity index (χ0n) is 10.8. The van der Waals surface area contributed by atoms with Crippen molar-refractivity contribution in [2.75, 3.05) is 0 Å². The second-order valence-corrected chi connectivity index (χ2v) is 5.82. The number of halogens is 2. The molecule has 0 unspecified atom stereocenters. The first-order valence-electron chi connectivity index (χ1n) is 6.71. The Morgan fingerprint density at radius 1 is 1.26 bits per heavy atom. The van der Waals surface area contributed by atoms with Crippen LogP contribution in [0.4, 0.5) is 4.39 Å². The van der Waals surface area contributed by atoms with E-state index in [0.717, 1.165) is 25.7 Å². The van der Waals surface area contributed by atoms with Gasteiger partial charge in [-0.15, -0.1) is 0 Å². The number of hydrogen-bond donors (Lipinski definition) is 1. The van der Waals surface area contributed by atoms with Gasteiger partial charge >= 0.3 is 5.97 Å². The lowest BCUT2D eigenvalue weighted by atomic mass is 9.75. The van der Waals surface area contributed by atoms with Crippen molar-refractivity contribution >= 4 is 17.6 Å². The fourth-order valence-corrected chi connectivity index (χ4v) is 3.10. The normalized spacial score (nSPS) is 18.8. The van der Waals surface area contributed by atoms with Crippen molar-refractivity contribution in [2.24, 2.45) is 5.41 Å². The van der Waals surface area contributed by atoms with Gasteiger partial charge in [-0.3, -0.25) is 4.79 Å². The molecule has 0 radical (unpaired) electrons. The van der Waals surface area contributed by atoms with Gasteiger partial charge in [0.25, 0.3) is 0 Å². The Kier molecular flexibility index (Phi) is 4.46. The van der Waals surface area contributed by atoms with Crippen LogP contribution in [0.15, 0.2) is 18.2 Å². The van der Waals surface area contributed by atoms with E-state index in [1.807, 2.05) is 0 Å². The van der Waals surface area contributed by atoms with Gasteiger partial charge in [-0.1, -0.05) is 37.3 Å². The molecular formula is C15H18ClFO2. The fraction of sp³-hybridized carbons (Fsp3) is 0.533. The minimum atomic E-state index is -0.784. The van der Waals surface area contributed by atoms with Crippen LogP contribution in [-0.4, -0.2) is 11.1 Å². The van der Waals surface area contributed by atoms with E-state index < -0.39 is 11.4 Å². The molecule has 0 saturated heterocycles. The molecule has 2 nitrogen and oxygen atoms in total. The van der Waals surface area contributed by atoms with E-state index in [9.17, 15) is 14.3 Å². The van der Waals surface area contributed by atoms with Crippen molar-refractivity contribution in [1.29, 1.82) is 0 Å². The lowest BCUT2D eigenvalue weighted by Gasteiger charge is -2.28. The highest BCUT2D eigenvalue weighted by Gasteiger charge is 2.39. The summed E-state index contributed by atoms with van der Waals surface area (Å²) in [6, 6.07) is 4.16. The van der Waals surface area contributed by atoms with Gasteiger partial charge in [-0.25, -0.2) is 4.39 Å². The summed E-state index contributed by atoms with van der Waals surface area (Å²) in [6.07, 6.45) is 5.60. The molecule has 1 fully saturated rings. The third-order valence-electron chi connectivity index (χ3n) is 4.05. The van der Waals surface area contributed by atoms with E-state index >= 15 is 0 Å². The summed E-state index contributed by atoms with van der Waals surface area (Å²) in [5, 5.41) is 10.0. The quantitative estimate of drug-likeness (QED) is 0.833. The van der Waals surface area contributed by atoms with Crippen molar-refractivity contribution < 1.29 is 14.3 Å². The number of carboxylic acids is 1. The molecule has 0 aliphatic heterocycles. The van der Waals surface area contributed by atoms with Crippen LogP contribution in [0.2, 0.25) is 5.02 Å². The van der Waals surface area contributed by atoms with Crippen LogP contribution >= 0.6 is 11.6 Å². The fourth-order valence-electron chi connectivity index (χ4n) is 2.91. The lowest BCUT2D eigenvalue weighted by molar-refractivity contribution is -0.149. The number of rotatable bonds is 3. The molecule has 0 atom stereocenters. The van der Waals surface area contributed by atoms with Gasteiger partial charge in [-0.2, -0.15) is 0 Å². The number of benzene rings is 1. The molecule has 0 bridgehead atoms. The van der Waals surface area contributed by atoms with Gasteiger partial charge in [0.15, 0.2) is 0 Å². The minimum Gasteiger partial charge on any atom is -0.481 e. The van der Waals surface area contributed by atoms with E-state index in [2.05, 4.69) is 0 Å². The molecule has 1 aromatic carbocycles. The van der Waals surface area contributed by atoms with Crippen molar-refractivity contribution in [1.82, 2.24) is 0 Å². The van der Waals surface area contributed by atoms with E-state index in [4.69, 9.17) is 11.6 Å². The Morgan fingerprint density at radius 2 is 1.89 bits per heavy atom. The lowest BCUT2D eigenvalue weighted by Crippen LogP contribution is -2.33. The zero-order valence-corrected chi connectivity index (χ0v) is 11.5. The first kappa shape index (κ1) is 14.3. The molecule has 4 heteroatoms. The topological polar surface area (TPSA) is 37.3 Å². The van der Waals surface area contributed by atoms with E-state index in [1.54, 1.807) is 0 Å². The van der Waals surface area contributed by atoms with Crippen LogP contribution in [0, 0.1) is 11.2 Å². The first-order valence-corrected chi connectivity index (χ1v) is 7.09. The maximum Gasteiger partial charge on any atom is 0.309 e. The Balaban J connectivity index is 2.29. The van der Waals surface area contributed by atoms with Gasteiger partial charge in [0, 0.05) is 5.02 Å². The maximum atomic E-state index is 13.3. The highest BCUT2D eigenvalue weighted by molar-refractivity contribution is 6.31. The average Bonchev–Trinajstić information content (AvgIpc) is 2.60. The van der Waals surface area contributed by atoms with Crippen molar-refractivity contribution in [2.45, 2.75) is 44.9 Å². The highest BCUT2D eigenvalue weighted by atomic mass is 35.5. The van der Waals surface area contributed by atoms with Crippen LogP contribution in [0.5, 0.6) is 0 Å². The summed E-state index contributed by atoms with van der Waals surface area (Å²) in [5.41, 5.74) is -0.181. The van der Waals surface area contributed by atoms with E-state index in [1.165, 1.54) is 18.2 Å². The summed E-state index contributed by atoms with van der Waals surface area (Å²) in [6.45, 7) is 0. The average molecular weight is 285 g/mol. The molecule has 19 heavy (non-hydrogen) atoms. The molecule has 0 amide bonds. The number of carbonyl (C=O) groups is 1. The summed E-state index contributed by atoms with van der Waals surface area (Å²) >= 11 is 6.06.